The standard InChI is InChI=1S/C22H40O5Si/c1-15-10-11-16-20(5,14-26-7)21(6,27-28(8,9)19(2,3)4)17(23)12-22(15,16)13-18(24)25/h15-16H,10-14H2,1-9H3,(H,24,25)/t15-,16+,20+,21?,22-/m1/s1. The average molecular weight is 413 g/mol. The third kappa shape index (κ3) is 3.39. The smallest absolute Gasteiger partial charge is 0.303 e. The first-order chi connectivity index (χ1) is 12.6. The van der Waals surface area contributed by atoms with Crippen LogP contribution < -0.4 is 0 Å². The molecule has 5 atom stereocenters. The Morgan fingerprint density at radius 1 is 1.25 bits per heavy atom. The van der Waals surface area contributed by atoms with Crippen molar-refractivity contribution in [3.63, 3.8) is 0 Å². The van der Waals surface area contributed by atoms with E-state index in [1.54, 1.807) is 7.11 Å². The molecular weight excluding hydrogens is 372 g/mol. The summed E-state index contributed by atoms with van der Waals surface area (Å²) in [6.07, 6.45) is 2.19. The van der Waals surface area contributed by atoms with Crippen molar-refractivity contribution in [2.24, 2.45) is 22.7 Å². The summed E-state index contributed by atoms with van der Waals surface area (Å²) < 4.78 is 12.5. The molecule has 28 heavy (non-hydrogen) atoms. The molecule has 0 saturated heterocycles. The van der Waals surface area contributed by atoms with E-state index in [-0.39, 0.29) is 35.5 Å². The molecule has 5 nitrogen and oxygen atoms in total. The predicted molar refractivity (Wildman–Crippen MR) is 113 cm³/mol. The number of methoxy groups -OCH3 is 1. The van der Waals surface area contributed by atoms with E-state index in [2.05, 4.69) is 47.7 Å². The van der Waals surface area contributed by atoms with Gasteiger partial charge in [0.15, 0.2) is 14.1 Å². The topological polar surface area (TPSA) is 72.8 Å². The Morgan fingerprint density at radius 2 is 1.82 bits per heavy atom. The molecule has 0 aromatic heterocycles. The van der Waals surface area contributed by atoms with Crippen molar-refractivity contribution in [2.75, 3.05) is 13.7 Å². The molecule has 2 aliphatic rings. The van der Waals surface area contributed by atoms with E-state index in [4.69, 9.17) is 9.16 Å². The summed E-state index contributed by atoms with van der Waals surface area (Å²) in [6, 6.07) is 0. The van der Waals surface area contributed by atoms with Gasteiger partial charge in [-0.2, -0.15) is 0 Å². The van der Waals surface area contributed by atoms with E-state index in [0.29, 0.717) is 6.61 Å². The van der Waals surface area contributed by atoms with Gasteiger partial charge in [-0.1, -0.05) is 34.6 Å². The Balaban J connectivity index is 2.61. The highest BCUT2D eigenvalue weighted by atomic mass is 28.4. The van der Waals surface area contributed by atoms with Crippen LogP contribution in [0.5, 0.6) is 0 Å². The molecule has 0 spiro atoms. The zero-order valence-electron chi connectivity index (χ0n) is 19.3. The highest BCUT2D eigenvalue weighted by Crippen LogP contribution is 2.66. The number of aliphatic carboxylic acids is 1. The van der Waals surface area contributed by atoms with Crippen LogP contribution in [0.15, 0.2) is 0 Å². The lowest BCUT2D eigenvalue weighted by Gasteiger charge is -2.61. The number of carboxylic acid groups (broad SMARTS) is 1. The number of Topliss-reactive ketones (excluding diaryl/α,β-unsaturated/α-hetero) is 1. The van der Waals surface area contributed by atoms with Crippen molar-refractivity contribution >= 4 is 20.1 Å². The lowest BCUT2D eigenvalue weighted by molar-refractivity contribution is -0.192. The minimum absolute atomic E-state index is 0.0250. The van der Waals surface area contributed by atoms with Crippen LogP contribution in [0, 0.1) is 22.7 Å². The van der Waals surface area contributed by atoms with Crippen molar-refractivity contribution in [2.45, 2.75) is 91.0 Å². The van der Waals surface area contributed by atoms with Crippen molar-refractivity contribution in [1.29, 1.82) is 0 Å². The molecule has 2 fully saturated rings. The van der Waals surface area contributed by atoms with Gasteiger partial charge in [-0.25, -0.2) is 0 Å². The van der Waals surface area contributed by atoms with Crippen LogP contribution >= 0.6 is 0 Å². The van der Waals surface area contributed by atoms with Gasteiger partial charge in [0, 0.05) is 18.9 Å². The maximum atomic E-state index is 13.7. The molecule has 0 bridgehead atoms. The Kier molecular flexibility index (Phi) is 6.06. The lowest BCUT2D eigenvalue weighted by atomic mass is 9.48. The van der Waals surface area contributed by atoms with Gasteiger partial charge in [0.1, 0.15) is 5.60 Å². The summed E-state index contributed by atoms with van der Waals surface area (Å²) in [7, 11) is -0.573. The number of ether oxygens (including phenoxy) is 1. The van der Waals surface area contributed by atoms with Gasteiger partial charge in [0.05, 0.1) is 13.0 Å². The van der Waals surface area contributed by atoms with E-state index >= 15 is 0 Å². The number of hydrogen-bond donors (Lipinski definition) is 1. The van der Waals surface area contributed by atoms with Crippen molar-refractivity contribution in [3.8, 4) is 0 Å². The van der Waals surface area contributed by atoms with Crippen molar-refractivity contribution in [1.82, 2.24) is 0 Å². The van der Waals surface area contributed by atoms with Gasteiger partial charge in [-0.15, -0.1) is 0 Å². The average Bonchev–Trinajstić information content (AvgIpc) is 2.81. The van der Waals surface area contributed by atoms with Gasteiger partial charge < -0.3 is 14.3 Å². The molecule has 6 heteroatoms. The molecule has 2 rings (SSSR count). The molecule has 2 saturated carbocycles. The molecule has 162 valence electrons. The molecule has 2 aliphatic carbocycles. The van der Waals surface area contributed by atoms with Crippen LogP contribution in [0.25, 0.3) is 0 Å². The summed E-state index contributed by atoms with van der Waals surface area (Å²) >= 11 is 0. The summed E-state index contributed by atoms with van der Waals surface area (Å²) in [4.78, 5) is 25.5. The molecule has 0 aromatic rings. The molecular formula is C22H40O5Si. The van der Waals surface area contributed by atoms with Crippen molar-refractivity contribution in [3.05, 3.63) is 0 Å². The van der Waals surface area contributed by atoms with Crippen LogP contribution in [-0.2, 0) is 18.8 Å². The first-order valence-corrected chi connectivity index (χ1v) is 13.4. The third-order valence-electron chi connectivity index (χ3n) is 8.63. The molecule has 0 radical (unpaired) electrons. The minimum Gasteiger partial charge on any atom is -0.481 e. The maximum absolute atomic E-state index is 13.7. The predicted octanol–water partition coefficient (Wildman–Crippen LogP) is 4.90. The molecule has 0 amide bonds. The molecule has 1 unspecified atom stereocenters. The number of fused-ring (bicyclic) bond motifs is 1. The van der Waals surface area contributed by atoms with E-state index in [1.807, 2.05) is 6.92 Å². The van der Waals surface area contributed by atoms with Gasteiger partial charge in [0.2, 0.25) is 0 Å². The fraction of sp³-hybridized carbons (Fsp3) is 0.909. The zero-order valence-corrected chi connectivity index (χ0v) is 20.3. The monoisotopic (exact) mass is 412 g/mol. The summed E-state index contributed by atoms with van der Waals surface area (Å²) in [5.41, 5.74) is -2.04. The van der Waals surface area contributed by atoms with Gasteiger partial charge in [-0.3, -0.25) is 9.59 Å². The van der Waals surface area contributed by atoms with E-state index < -0.39 is 30.7 Å². The minimum atomic E-state index is -2.23. The Bertz CT molecular complexity index is 639. The van der Waals surface area contributed by atoms with Gasteiger partial charge >= 0.3 is 5.97 Å². The first-order valence-electron chi connectivity index (χ1n) is 10.5. The van der Waals surface area contributed by atoms with Gasteiger partial charge in [-0.05, 0) is 55.1 Å². The summed E-state index contributed by atoms with van der Waals surface area (Å²) in [5.74, 6) is -0.493. The second-order valence-electron chi connectivity index (χ2n) is 11.2. The van der Waals surface area contributed by atoms with Crippen LogP contribution in [-0.4, -0.2) is 44.5 Å². The third-order valence-corrected chi connectivity index (χ3v) is 13.2. The van der Waals surface area contributed by atoms with E-state index in [0.717, 1.165) is 12.8 Å². The first kappa shape index (κ1) is 23.6. The number of carbonyl (C=O) groups excluding carboxylic acids is 1. The number of carboxylic acids is 1. The highest BCUT2D eigenvalue weighted by molar-refractivity contribution is 6.74. The van der Waals surface area contributed by atoms with Gasteiger partial charge in [0.25, 0.3) is 0 Å². The zero-order chi connectivity index (χ0) is 21.8. The number of hydrogen-bond acceptors (Lipinski definition) is 4. The Morgan fingerprint density at radius 3 is 2.29 bits per heavy atom. The number of ketones is 1. The quantitative estimate of drug-likeness (QED) is 0.628. The van der Waals surface area contributed by atoms with Crippen LogP contribution in [0.3, 0.4) is 0 Å². The SMILES string of the molecule is COC[C@@]1(C)[C@@H]2CC[C@@H](C)[C@]2(CC(=O)O)CC(=O)C1(C)O[Si](C)(C)C(C)(C)C. The van der Waals surface area contributed by atoms with Crippen LogP contribution in [0.4, 0.5) is 0 Å². The highest BCUT2D eigenvalue weighted by Gasteiger charge is 2.69. The van der Waals surface area contributed by atoms with Crippen LogP contribution in [0.2, 0.25) is 18.1 Å². The summed E-state index contributed by atoms with van der Waals surface area (Å²) in [5, 5.41) is 9.64. The number of carbonyl (C=O) groups is 2. The van der Waals surface area contributed by atoms with Crippen molar-refractivity contribution < 1.29 is 23.9 Å². The van der Waals surface area contributed by atoms with E-state index in [9.17, 15) is 14.7 Å². The lowest BCUT2D eigenvalue weighted by Crippen LogP contribution is -2.69. The molecule has 0 aromatic carbocycles. The second-order valence-corrected chi connectivity index (χ2v) is 15.9. The molecule has 0 heterocycles. The molecule has 0 aliphatic heterocycles. The van der Waals surface area contributed by atoms with Crippen LogP contribution in [0.1, 0.15) is 67.2 Å². The maximum Gasteiger partial charge on any atom is 0.303 e. The van der Waals surface area contributed by atoms with E-state index in [1.165, 1.54) is 0 Å². The normalized spacial score (nSPS) is 39.1. The largest absolute Gasteiger partial charge is 0.481 e. The fourth-order valence-electron chi connectivity index (χ4n) is 5.72. The Labute approximate surface area is 171 Å². The summed E-state index contributed by atoms with van der Waals surface area (Å²) in [6.45, 7) is 17.4. The second kappa shape index (κ2) is 7.20. The fourth-order valence-corrected chi connectivity index (χ4v) is 7.39. The molecule has 1 N–H and O–H groups in total. The Hall–Kier alpha value is -0.723. The number of rotatable bonds is 6.